The van der Waals surface area contributed by atoms with Crippen molar-refractivity contribution in [2.75, 3.05) is 19.0 Å². The standard InChI is InChI=1S/C15H20N2O5/c1-15(2,14(20)21)8-12(18)17-10-4-6-11(7-5-10)22-9-13(19)16-3/h4-7H,8-9H2,1-3H3,(H,16,19)(H,17,18)(H,20,21). The van der Waals surface area contributed by atoms with Gasteiger partial charge in [-0.05, 0) is 38.1 Å². The second-order valence-corrected chi connectivity index (χ2v) is 5.40. The molecule has 2 amide bonds. The molecule has 0 fully saturated rings. The molecular formula is C15H20N2O5. The highest BCUT2D eigenvalue weighted by Crippen LogP contribution is 2.22. The monoisotopic (exact) mass is 308 g/mol. The van der Waals surface area contributed by atoms with Crippen LogP contribution in [-0.4, -0.2) is 36.5 Å². The van der Waals surface area contributed by atoms with Crippen molar-refractivity contribution in [2.24, 2.45) is 5.41 Å². The number of carboxylic acid groups (broad SMARTS) is 1. The van der Waals surface area contributed by atoms with Crippen LogP contribution in [0.4, 0.5) is 5.69 Å². The number of benzene rings is 1. The van der Waals surface area contributed by atoms with E-state index in [0.29, 0.717) is 11.4 Å². The lowest BCUT2D eigenvalue weighted by Crippen LogP contribution is -2.29. The van der Waals surface area contributed by atoms with Crippen molar-refractivity contribution in [3.8, 4) is 5.75 Å². The Morgan fingerprint density at radius 3 is 2.23 bits per heavy atom. The van der Waals surface area contributed by atoms with Crippen molar-refractivity contribution in [3.05, 3.63) is 24.3 Å². The molecule has 1 rings (SSSR count). The molecule has 0 spiro atoms. The molecule has 0 saturated carbocycles. The number of carboxylic acids is 1. The SMILES string of the molecule is CNC(=O)COc1ccc(NC(=O)CC(C)(C)C(=O)O)cc1. The fraction of sp³-hybridized carbons (Fsp3) is 0.400. The zero-order valence-corrected chi connectivity index (χ0v) is 12.8. The molecule has 7 nitrogen and oxygen atoms in total. The molecule has 7 heteroatoms. The number of anilines is 1. The lowest BCUT2D eigenvalue weighted by molar-refractivity contribution is -0.149. The number of carbonyl (C=O) groups is 3. The quantitative estimate of drug-likeness (QED) is 0.703. The van der Waals surface area contributed by atoms with Crippen LogP contribution in [0.25, 0.3) is 0 Å². The van der Waals surface area contributed by atoms with Gasteiger partial charge < -0.3 is 20.5 Å². The smallest absolute Gasteiger partial charge is 0.309 e. The summed E-state index contributed by atoms with van der Waals surface area (Å²) >= 11 is 0. The van der Waals surface area contributed by atoms with Gasteiger partial charge in [0.15, 0.2) is 6.61 Å². The second kappa shape index (κ2) is 7.44. The summed E-state index contributed by atoms with van der Waals surface area (Å²) in [7, 11) is 1.52. The van der Waals surface area contributed by atoms with Crippen LogP contribution >= 0.6 is 0 Å². The lowest BCUT2D eigenvalue weighted by Gasteiger charge is -2.18. The highest BCUT2D eigenvalue weighted by atomic mass is 16.5. The molecule has 0 bridgehead atoms. The number of nitrogens with one attached hydrogen (secondary N) is 2. The minimum atomic E-state index is -1.12. The molecule has 0 saturated heterocycles. The number of carbonyl (C=O) groups excluding carboxylic acids is 2. The van der Waals surface area contributed by atoms with Gasteiger partial charge in [-0.1, -0.05) is 0 Å². The molecule has 0 aliphatic carbocycles. The Labute approximate surface area is 128 Å². The molecular weight excluding hydrogens is 288 g/mol. The topological polar surface area (TPSA) is 105 Å². The van der Waals surface area contributed by atoms with Crippen molar-refractivity contribution in [2.45, 2.75) is 20.3 Å². The Morgan fingerprint density at radius 2 is 1.73 bits per heavy atom. The summed E-state index contributed by atoms with van der Waals surface area (Å²) < 4.78 is 5.23. The zero-order valence-electron chi connectivity index (χ0n) is 12.8. The highest BCUT2D eigenvalue weighted by molar-refractivity contribution is 5.94. The van der Waals surface area contributed by atoms with Crippen molar-refractivity contribution in [1.82, 2.24) is 5.32 Å². The van der Waals surface area contributed by atoms with Crippen LogP contribution in [0.2, 0.25) is 0 Å². The number of amides is 2. The third-order valence-electron chi connectivity index (χ3n) is 2.97. The summed E-state index contributed by atoms with van der Waals surface area (Å²) in [5.74, 6) is -1.16. The van der Waals surface area contributed by atoms with E-state index in [0.717, 1.165) is 0 Å². The van der Waals surface area contributed by atoms with Crippen molar-refractivity contribution < 1.29 is 24.2 Å². The summed E-state index contributed by atoms with van der Waals surface area (Å²) in [6.07, 6.45) is -0.128. The molecule has 0 aliphatic rings. The van der Waals surface area contributed by atoms with E-state index < -0.39 is 11.4 Å². The van der Waals surface area contributed by atoms with Crippen LogP contribution in [0.5, 0.6) is 5.75 Å². The Kier molecular flexibility index (Phi) is 5.91. The summed E-state index contributed by atoms with van der Waals surface area (Å²) in [4.78, 5) is 33.8. The van der Waals surface area contributed by atoms with Gasteiger partial charge in [0.25, 0.3) is 5.91 Å². The first-order valence-electron chi connectivity index (χ1n) is 6.71. The average Bonchev–Trinajstić information content (AvgIpc) is 2.45. The molecule has 0 unspecified atom stereocenters. The average molecular weight is 308 g/mol. The van der Waals surface area contributed by atoms with Gasteiger partial charge >= 0.3 is 5.97 Å². The number of aliphatic carboxylic acids is 1. The van der Waals surface area contributed by atoms with E-state index in [1.165, 1.54) is 20.9 Å². The molecule has 120 valence electrons. The third kappa shape index (κ3) is 5.43. The molecule has 1 aromatic carbocycles. The first-order valence-corrected chi connectivity index (χ1v) is 6.71. The van der Waals surface area contributed by atoms with Gasteiger partial charge in [0.1, 0.15) is 5.75 Å². The second-order valence-electron chi connectivity index (χ2n) is 5.40. The maximum atomic E-state index is 11.8. The molecule has 0 atom stereocenters. The minimum Gasteiger partial charge on any atom is -0.484 e. The largest absolute Gasteiger partial charge is 0.484 e. The van der Waals surface area contributed by atoms with E-state index in [1.807, 2.05) is 0 Å². The maximum absolute atomic E-state index is 11.8. The van der Waals surface area contributed by atoms with Crippen molar-refractivity contribution >= 4 is 23.5 Å². The lowest BCUT2D eigenvalue weighted by atomic mass is 9.89. The number of likely N-dealkylation sites (N-methyl/N-ethyl adjacent to an activating group) is 1. The number of rotatable bonds is 7. The molecule has 3 N–H and O–H groups in total. The van der Waals surface area contributed by atoms with Gasteiger partial charge in [-0.2, -0.15) is 0 Å². The zero-order chi connectivity index (χ0) is 16.8. The van der Waals surface area contributed by atoms with E-state index in [-0.39, 0.29) is 24.8 Å². The maximum Gasteiger partial charge on any atom is 0.309 e. The van der Waals surface area contributed by atoms with Crippen LogP contribution in [0, 0.1) is 5.41 Å². The number of hydrogen-bond acceptors (Lipinski definition) is 4. The van der Waals surface area contributed by atoms with Gasteiger partial charge in [0.05, 0.1) is 5.41 Å². The highest BCUT2D eigenvalue weighted by Gasteiger charge is 2.30. The molecule has 0 aromatic heterocycles. The molecule has 22 heavy (non-hydrogen) atoms. The summed E-state index contributed by atoms with van der Waals surface area (Å²) in [5.41, 5.74) is -0.598. The van der Waals surface area contributed by atoms with Crippen LogP contribution in [-0.2, 0) is 14.4 Å². The molecule has 0 aliphatic heterocycles. The number of hydrogen-bond donors (Lipinski definition) is 3. The predicted octanol–water partition coefficient (Wildman–Crippen LogP) is 1.25. The van der Waals surface area contributed by atoms with E-state index in [2.05, 4.69) is 10.6 Å². The Bertz CT molecular complexity index is 552. The predicted molar refractivity (Wildman–Crippen MR) is 80.7 cm³/mol. The van der Waals surface area contributed by atoms with E-state index in [4.69, 9.17) is 9.84 Å². The van der Waals surface area contributed by atoms with Crippen LogP contribution in [0.1, 0.15) is 20.3 Å². The van der Waals surface area contributed by atoms with Gasteiger partial charge in [-0.3, -0.25) is 14.4 Å². The minimum absolute atomic E-state index is 0.0883. The van der Waals surface area contributed by atoms with Gasteiger partial charge in [-0.15, -0.1) is 0 Å². The van der Waals surface area contributed by atoms with Gasteiger partial charge in [0, 0.05) is 19.2 Å². The third-order valence-corrected chi connectivity index (χ3v) is 2.97. The Morgan fingerprint density at radius 1 is 1.14 bits per heavy atom. The van der Waals surface area contributed by atoms with Crippen LogP contribution in [0.15, 0.2) is 24.3 Å². The van der Waals surface area contributed by atoms with E-state index in [1.54, 1.807) is 24.3 Å². The number of ether oxygens (including phenoxy) is 1. The normalized spacial score (nSPS) is 10.7. The fourth-order valence-electron chi connectivity index (χ4n) is 1.54. The summed E-state index contributed by atoms with van der Waals surface area (Å²) in [6, 6.07) is 6.46. The van der Waals surface area contributed by atoms with Crippen LogP contribution < -0.4 is 15.4 Å². The molecule has 1 aromatic rings. The van der Waals surface area contributed by atoms with Gasteiger partial charge in [-0.25, -0.2) is 0 Å². The van der Waals surface area contributed by atoms with Gasteiger partial charge in [0.2, 0.25) is 5.91 Å². The first-order chi connectivity index (χ1) is 10.2. The first kappa shape index (κ1) is 17.5. The van der Waals surface area contributed by atoms with Crippen molar-refractivity contribution in [3.63, 3.8) is 0 Å². The van der Waals surface area contributed by atoms with Crippen LogP contribution in [0.3, 0.4) is 0 Å². The fourth-order valence-corrected chi connectivity index (χ4v) is 1.54. The molecule has 0 radical (unpaired) electrons. The molecule has 0 heterocycles. The van der Waals surface area contributed by atoms with E-state index in [9.17, 15) is 14.4 Å². The van der Waals surface area contributed by atoms with Crippen molar-refractivity contribution in [1.29, 1.82) is 0 Å². The van der Waals surface area contributed by atoms with E-state index >= 15 is 0 Å². The Hall–Kier alpha value is -2.57. The Balaban J connectivity index is 2.55. The summed E-state index contributed by atoms with van der Waals surface area (Å²) in [5, 5.41) is 14.0. The summed E-state index contributed by atoms with van der Waals surface area (Å²) in [6.45, 7) is 2.89.